The fourth-order valence-corrected chi connectivity index (χ4v) is 2.30. The molecule has 0 bridgehead atoms. The van der Waals surface area contributed by atoms with Crippen LogP contribution in [0, 0.1) is 0 Å². The van der Waals surface area contributed by atoms with E-state index in [1.54, 1.807) is 18.5 Å². The Balaban J connectivity index is 1.78. The summed E-state index contributed by atoms with van der Waals surface area (Å²) in [5.74, 6) is 0.260. The van der Waals surface area contributed by atoms with Crippen LogP contribution in [0.4, 0.5) is 0 Å². The number of aliphatic imine (C=N–C) groups is 1. The van der Waals surface area contributed by atoms with E-state index in [0.29, 0.717) is 6.54 Å². The maximum atomic E-state index is 10.0. The smallest absolute Gasteiger partial charge is 0.124 e. The van der Waals surface area contributed by atoms with Crippen molar-refractivity contribution in [2.75, 3.05) is 6.54 Å². The number of hydrogen-bond acceptors (Lipinski definition) is 3. The fourth-order valence-electron chi connectivity index (χ4n) is 2.30. The van der Waals surface area contributed by atoms with Gasteiger partial charge in [0.05, 0.1) is 0 Å². The number of phenols is 1. The molecule has 0 aliphatic heterocycles. The Morgan fingerprint density at radius 1 is 1.00 bits per heavy atom. The zero-order chi connectivity index (χ0) is 14.5. The molecule has 0 radical (unpaired) electrons. The summed E-state index contributed by atoms with van der Waals surface area (Å²) in [4.78, 5) is 8.69. The maximum absolute atomic E-state index is 10.0. The lowest BCUT2D eigenvalue weighted by molar-refractivity contribution is 0.475. The molecule has 2 aromatic carbocycles. The van der Waals surface area contributed by atoms with Gasteiger partial charge in [-0.1, -0.05) is 36.4 Å². The highest BCUT2D eigenvalue weighted by atomic mass is 16.3. The lowest BCUT2D eigenvalue weighted by Crippen LogP contribution is -1.94. The zero-order valence-corrected chi connectivity index (χ0v) is 11.6. The second-order valence-corrected chi connectivity index (χ2v) is 4.83. The number of aromatic nitrogens is 1. The molecule has 0 fully saturated rings. The largest absolute Gasteiger partial charge is 0.507 e. The van der Waals surface area contributed by atoms with Gasteiger partial charge in [0.1, 0.15) is 5.75 Å². The zero-order valence-electron chi connectivity index (χ0n) is 11.6. The van der Waals surface area contributed by atoms with Crippen molar-refractivity contribution in [2.24, 2.45) is 4.99 Å². The van der Waals surface area contributed by atoms with Crippen LogP contribution in [0.15, 0.2) is 65.8 Å². The molecule has 0 atom stereocenters. The van der Waals surface area contributed by atoms with Crippen LogP contribution in [0.2, 0.25) is 0 Å². The first kappa shape index (κ1) is 13.3. The Hall–Kier alpha value is -2.68. The van der Waals surface area contributed by atoms with Crippen molar-refractivity contribution in [1.82, 2.24) is 4.98 Å². The Labute approximate surface area is 123 Å². The van der Waals surface area contributed by atoms with E-state index in [1.807, 2.05) is 48.5 Å². The van der Waals surface area contributed by atoms with E-state index < -0.39 is 0 Å². The van der Waals surface area contributed by atoms with Gasteiger partial charge in [0, 0.05) is 36.6 Å². The molecule has 3 aromatic rings. The normalized spacial score (nSPS) is 11.2. The summed E-state index contributed by atoms with van der Waals surface area (Å²) in [6.07, 6.45) is 4.33. The van der Waals surface area contributed by atoms with Gasteiger partial charge < -0.3 is 5.11 Å². The quantitative estimate of drug-likeness (QED) is 0.740. The first-order valence-electron chi connectivity index (χ1n) is 6.95. The number of fused-ring (bicyclic) bond motifs is 1. The Bertz CT molecular complexity index is 767. The van der Waals surface area contributed by atoms with Crippen LogP contribution >= 0.6 is 0 Å². The van der Waals surface area contributed by atoms with Gasteiger partial charge in [-0.3, -0.25) is 9.98 Å². The summed E-state index contributed by atoms with van der Waals surface area (Å²) in [5.41, 5.74) is 1.80. The van der Waals surface area contributed by atoms with Crippen LogP contribution in [0.5, 0.6) is 5.75 Å². The minimum atomic E-state index is 0.260. The molecule has 21 heavy (non-hydrogen) atoms. The van der Waals surface area contributed by atoms with Crippen molar-refractivity contribution in [2.45, 2.75) is 6.42 Å². The highest BCUT2D eigenvalue weighted by molar-refractivity contribution is 6.02. The van der Waals surface area contributed by atoms with Crippen LogP contribution in [0.1, 0.15) is 11.3 Å². The van der Waals surface area contributed by atoms with Crippen molar-refractivity contribution in [3.05, 3.63) is 72.1 Å². The topological polar surface area (TPSA) is 45.5 Å². The summed E-state index contributed by atoms with van der Waals surface area (Å²) in [6, 6.07) is 17.5. The van der Waals surface area contributed by atoms with Crippen LogP contribution < -0.4 is 0 Å². The van der Waals surface area contributed by atoms with Crippen molar-refractivity contribution >= 4 is 17.0 Å². The molecular formula is C18H16N2O. The van der Waals surface area contributed by atoms with Crippen molar-refractivity contribution in [3.8, 4) is 5.75 Å². The van der Waals surface area contributed by atoms with Gasteiger partial charge in [0.25, 0.3) is 0 Å². The van der Waals surface area contributed by atoms with E-state index in [9.17, 15) is 5.11 Å². The number of pyridine rings is 1. The fraction of sp³-hybridized carbons (Fsp3) is 0.111. The van der Waals surface area contributed by atoms with Crippen LogP contribution in [-0.4, -0.2) is 22.8 Å². The standard InChI is InChI=1S/C18H16N2O/c21-18-9-8-14-5-1-2-7-16(14)17(18)13-19-12-10-15-6-3-4-11-20-15/h1-9,11,13,21H,10,12H2. The molecule has 0 unspecified atom stereocenters. The van der Waals surface area contributed by atoms with Gasteiger partial charge in [-0.05, 0) is 29.0 Å². The molecule has 0 aliphatic carbocycles. The number of nitrogens with zero attached hydrogens (tertiary/aromatic N) is 2. The summed E-state index contributed by atoms with van der Waals surface area (Å²) >= 11 is 0. The molecule has 1 aromatic heterocycles. The number of hydrogen-bond donors (Lipinski definition) is 1. The van der Waals surface area contributed by atoms with E-state index in [1.165, 1.54) is 0 Å². The molecule has 0 amide bonds. The molecule has 3 heteroatoms. The summed E-state index contributed by atoms with van der Waals surface area (Å²) in [7, 11) is 0. The van der Waals surface area contributed by atoms with Crippen molar-refractivity contribution in [3.63, 3.8) is 0 Å². The molecular weight excluding hydrogens is 260 g/mol. The molecule has 0 aliphatic rings. The Kier molecular flexibility index (Phi) is 3.92. The SMILES string of the molecule is Oc1ccc2ccccc2c1C=NCCc1ccccn1. The monoisotopic (exact) mass is 276 g/mol. The molecule has 0 spiro atoms. The average molecular weight is 276 g/mol. The highest BCUT2D eigenvalue weighted by Crippen LogP contribution is 2.25. The first-order chi connectivity index (χ1) is 10.3. The van der Waals surface area contributed by atoms with Gasteiger partial charge in [-0.25, -0.2) is 0 Å². The van der Waals surface area contributed by atoms with Crippen LogP contribution in [0.25, 0.3) is 10.8 Å². The summed E-state index contributed by atoms with van der Waals surface area (Å²) < 4.78 is 0. The summed E-state index contributed by atoms with van der Waals surface area (Å²) in [5, 5.41) is 12.1. The Morgan fingerprint density at radius 2 is 1.86 bits per heavy atom. The second-order valence-electron chi connectivity index (χ2n) is 4.83. The number of benzene rings is 2. The lowest BCUT2D eigenvalue weighted by atomic mass is 10.0. The molecule has 3 nitrogen and oxygen atoms in total. The average Bonchev–Trinajstić information content (AvgIpc) is 2.54. The number of aromatic hydroxyl groups is 1. The van der Waals surface area contributed by atoms with Gasteiger partial charge in [-0.15, -0.1) is 0 Å². The van der Waals surface area contributed by atoms with Crippen molar-refractivity contribution in [1.29, 1.82) is 0 Å². The molecule has 0 saturated heterocycles. The van der Waals surface area contributed by atoms with Gasteiger partial charge in [0.2, 0.25) is 0 Å². The Morgan fingerprint density at radius 3 is 2.71 bits per heavy atom. The van der Waals surface area contributed by atoms with E-state index >= 15 is 0 Å². The maximum Gasteiger partial charge on any atom is 0.124 e. The minimum Gasteiger partial charge on any atom is -0.507 e. The van der Waals surface area contributed by atoms with Crippen molar-refractivity contribution < 1.29 is 5.11 Å². The third-order valence-electron chi connectivity index (χ3n) is 3.39. The predicted molar refractivity (Wildman–Crippen MR) is 86.0 cm³/mol. The second kappa shape index (κ2) is 6.18. The molecule has 3 rings (SSSR count). The lowest BCUT2D eigenvalue weighted by Gasteiger charge is -2.04. The van der Waals surface area contributed by atoms with Gasteiger partial charge in [-0.2, -0.15) is 0 Å². The molecule has 104 valence electrons. The van der Waals surface area contributed by atoms with E-state index in [0.717, 1.165) is 28.5 Å². The third kappa shape index (κ3) is 3.08. The van der Waals surface area contributed by atoms with Gasteiger partial charge >= 0.3 is 0 Å². The molecule has 1 heterocycles. The van der Waals surface area contributed by atoms with E-state index in [2.05, 4.69) is 9.98 Å². The molecule has 0 saturated carbocycles. The third-order valence-corrected chi connectivity index (χ3v) is 3.39. The first-order valence-corrected chi connectivity index (χ1v) is 6.95. The highest BCUT2D eigenvalue weighted by Gasteiger charge is 2.03. The number of phenolic OH excluding ortho intramolecular Hbond substituents is 1. The van der Waals surface area contributed by atoms with Crippen LogP contribution in [-0.2, 0) is 6.42 Å². The van der Waals surface area contributed by atoms with E-state index in [-0.39, 0.29) is 5.75 Å². The predicted octanol–water partition coefficient (Wildman–Crippen LogP) is 3.60. The number of rotatable bonds is 4. The summed E-state index contributed by atoms with van der Waals surface area (Å²) in [6.45, 7) is 0.652. The van der Waals surface area contributed by atoms with Crippen LogP contribution in [0.3, 0.4) is 0 Å². The minimum absolute atomic E-state index is 0.260. The molecule has 1 N–H and O–H groups in total. The van der Waals surface area contributed by atoms with Gasteiger partial charge in [0.15, 0.2) is 0 Å². The van der Waals surface area contributed by atoms with E-state index in [4.69, 9.17) is 0 Å².